The van der Waals surface area contributed by atoms with Crippen molar-refractivity contribution in [3.8, 4) is 0 Å². The van der Waals surface area contributed by atoms with E-state index in [4.69, 9.17) is 11.5 Å². The first-order valence-corrected chi connectivity index (χ1v) is 15.4. The number of carboxylic acids is 1. The van der Waals surface area contributed by atoms with E-state index in [0.29, 0.717) is 43.6 Å². The molecule has 0 spiro atoms. The molecule has 0 saturated heterocycles. The van der Waals surface area contributed by atoms with E-state index in [1.165, 1.54) is 0 Å². The summed E-state index contributed by atoms with van der Waals surface area (Å²) in [5.41, 5.74) is 10.6. The van der Waals surface area contributed by atoms with Gasteiger partial charge in [0.15, 0.2) is 5.96 Å². The minimum atomic E-state index is -1.06. The van der Waals surface area contributed by atoms with Crippen LogP contribution in [0.15, 0.2) is 4.99 Å². The zero-order valence-electron chi connectivity index (χ0n) is 24.5. The Morgan fingerprint density at radius 2 is 1.62 bits per heavy atom. The van der Waals surface area contributed by atoms with Crippen molar-refractivity contribution >= 4 is 17.8 Å². The molecule has 9 N–H and O–H groups in total. The van der Waals surface area contributed by atoms with Crippen LogP contribution in [0.1, 0.15) is 91.4 Å². The molecule has 10 nitrogen and oxygen atoms in total. The van der Waals surface area contributed by atoms with E-state index < -0.39 is 30.3 Å². The fourth-order valence-corrected chi connectivity index (χ4v) is 9.80. The van der Waals surface area contributed by atoms with Crippen LogP contribution < -0.4 is 16.8 Å². The number of carbonyl (C=O) groups excluding carboxylic acids is 1. The van der Waals surface area contributed by atoms with Gasteiger partial charge in [-0.2, -0.15) is 0 Å². The topological polar surface area (TPSA) is 191 Å². The molecule has 4 saturated carbocycles. The third-order valence-electron chi connectivity index (χ3n) is 11.9. The zero-order chi connectivity index (χ0) is 29.4. The molecule has 228 valence electrons. The van der Waals surface area contributed by atoms with Crippen LogP contribution >= 0.6 is 0 Å². The summed E-state index contributed by atoms with van der Waals surface area (Å²) in [5, 5.41) is 45.2. The summed E-state index contributed by atoms with van der Waals surface area (Å²) in [6.07, 6.45) is 6.08. The van der Waals surface area contributed by atoms with Crippen molar-refractivity contribution in [3.05, 3.63) is 0 Å². The number of nitrogens with two attached hydrogens (primary N) is 2. The van der Waals surface area contributed by atoms with Crippen molar-refractivity contribution < 1.29 is 30.0 Å². The van der Waals surface area contributed by atoms with Gasteiger partial charge in [-0.25, -0.2) is 4.79 Å². The average Bonchev–Trinajstić information content (AvgIpc) is 3.25. The van der Waals surface area contributed by atoms with Crippen molar-refractivity contribution in [3.63, 3.8) is 0 Å². The van der Waals surface area contributed by atoms with E-state index in [0.717, 1.165) is 38.5 Å². The Kier molecular flexibility index (Phi) is 9.42. The minimum Gasteiger partial charge on any atom is -0.480 e. The van der Waals surface area contributed by atoms with E-state index in [1.807, 2.05) is 0 Å². The molecule has 4 fully saturated rings. The standard InChI is InChI=1S/C30H52N4O6/c1-16(6-9-23(36)34-22(27(39)40)5-4-14-33-28(31)32)18-7-8-19-24-20(11-13-29(18,19)2)30(3)12-10-17(35)15-21(30)25(37)26(24)38/h16-22,24-26,35,37-38H,4-15H2,1-3H3,(H,34,36)(H,39,40)(H4,31,32,33)/t16-,17-,18-,19+,20+,21+,22+,24+,25-,26+,29-,30-/m1/s1. The van der Waals surface area contributed by atoms with Gasteiger partial charge in [0, 0.05) is 13.0 Å². The number of nitrogens with one attached hydrogen (secondary N) is 1. The van der Waals surface area contributed by atoms with Crippen LogP contribution in [0.2, 0.25) is 0 Å². The first kappa shape index (κ1) is 31.0. The highest BCUT2D eigenvalue weighted by Crippen LogP contribution is 2.68. The number of rotatable bonds is 10. The number of nitrogens with zero attached hydrogens (tertiary/aromatic N) is 1. The van der Waals surface area contributed by atoms with Crippen LogP contribution in [-0.4, -0.2) is 69.2 Å². The number of aliphatic carboxylic acids is 1. The lowest BCUT2D eigenvalue weighted by atomic mass is 9.43. The number of amides is 1. The summed E-state index contributed by atoms with van der Waals surface area (Å²) < 4.78 is 0. The monoisotopic (exact) mass is 564 g/mol. The zero-order valence-corrected chi connectivity index (χ0v) is 24.5. The highest BCUT2D eigenvalue weighted by atomic mass is 16.4. The maximum atomic E-state index is 12.7. The van der Waals surface area contributed by atoms with Gasteiger partial charge in [-0.1, -0.05) is 20.8 Å². The molecule has 0 aromatic heterocycles. The van der Waals surface area contributed by atoms with E-state index in [9.17, 15) is 30.0 Å². The quantitative estimate of drug-likeness (QED) is 0.119. The number of aliphatic hydroxyl groups excluding tert-OH is 3. The lowest BCUT2D eigenvalue weighted by Gasteiger charge is -2.63. The van der Waals surface area contributed by atoms with E-state index in [1.54, 1.807) is 0 Å². The van der Waals surface area contributed by atoms with Crippen LogP contribution in [0.5, 0.6) is 0 Å². The number of aliphatic hydroxyl groups is 3. The second-order valence-corrected chi connectivity index (χ2v) is 14.0. The predicted octanol–water partition coefficient (Wildman–Crippen LogP) is 1.99. The van der Waals surface area contributed by atoms with Gasteiger partial charge in [-0.15, -0.1) is 0 Å². The van der Waals surface area contributed by atoms with Gasteiger partial charge in [0.1, 0.15) is 6.04 Å². The van der Waals surface area contributed by atoms with Crippen LogP contribution in [0, 0.1) is 46.3 Å². The summed E-state index contributed by atoms with van der Waals surface area (Å²) in [7, 11) is 0. The first-order chi connectivity index (χ1) is 18.8. The van der Waals surface area contributed by atoms with E-state index in [2.05, 4.69) is 31.1 Å². The third-order valence-corrected chi connectivity index (χ3v) is 11.9. The Bertz CT molecular complexity index is 958. The van der Waals surface area contributed by atoms with E-state index in [-0.39, 0.29) is 53.3 Å². The molecule has 0 aromatic carbocycles. The summed E-state index contributed by atoms with van der Waals surface area (Å²) in [4.78, 5) is 28.2. The van der Waals surface area contributed by atoms with Gasteiger partial charge < -0.3 is 37.2 Å². The normalized spacial score (nSPS) is 42.0. The Morgan fingerprint density at radius 3 is 2.30 bits per heavy atom. The van der Waals surface area contributed by atoms with Crippen molar-refractivity contribution in [1.29, 1.82) is 0 Å². The molecule has 0 unspecified atom stereocenters. The fraction of sp³-hybridized carbons (Fsp3) is 0.900. The number of fused-ring (bicyclic) bond motifs is 5. The first-order valence-electron chi connectivity index (χ1n) is 15.4. The SMILES string of the molecule is C[C@H](CCC(=O)N[C@@H](CCCN=C(N)N)C(=O)O)[C@H]1CC[C@H]2[C@@H]3[C@H](O)[C@H](O)[C@@H]4C[C@H](O)CC[C@]4(C)[C@H]3CC[C@]12C. The number of guanidine groups is 1. The molecule has 4 aliphatic carbocycles. The molecule has 1 amide bonds. The van der Waals surface area contributed by atoms with Crippen molar-refractivity contribution in [1.82, 2.24) is 5.32 Å². The van der Waals surface area contributed by atoms with Gasteiger partial charge in [0.25, 0.3) is 0 Å². The molecule has 0 bridgehead atoms. The molecule has 0 radical (unpaired) electrons. The number of carboxylic acid groups (broad SMARTS) is 1. The van der Waals surface area contributed by atoms with Gasteiger partial charge >= 0.3 is 5.97 Å². The van der Waals surface area contributed by atoms with Crippen molar-refractivity contribution in [2.24, 2.45) is 62.8 Å². The van der Waals surface area contributed by atoms with Gasteiger partial charge in [-0.05, 0) is 111 Å². The Morgan fingerprint density at radius 1 is 0.950 bits per heavy atom. The minimum absolute atomic E-state index is 0.0318. The van der Waals surface area contributed by atoms with Crippen LogP contribution in [0.3, 0.4) is 0 Å². The van der Waals surface area contributed by atoms with Crippen molar-refractivity contribution in [2.45, 2.75) is 116 Å². The Labute approximate surface area is 238 Å². The second-order valence-electron chi connectivity index (χ2n) is 14.0. The number of hydrogen-bond acceptors (Lipinski definition) is 6. The molecular formula is C30H52N4O6. The summed E-state index contributed by atoms with van der Waals surface area (Å²) in [6, 6.07) is -0.967. The maximum absolute atomic E-state index is 12.7. The molecule has 0 heterocycles. The summed E-state index contributed by atoms with van der Waals surface area (Å²) in [6.45, 7) is 7.17. The molecule has 0 aliphatic heterocycles. The summed E-state index contributed by atoms with van der Waals surface area (Å²) >= 11 is 0. The molecule has 12 atom stereocenters. The Hall–Kier alpha value is -1.91. The van der Waals surface area contributed by atoms with Gasteiger partial charge in [0.2, 0.25) is 5.91 Å². The Balaban J connectivity index is 1.37. The lowest BCUT2D eigenvalue weighted by Crippen LogP contribution is -2.64. The average molecular weight is 565 g/mol. The predicted molar refractivity (Wildman–Crippen MR) is 152 cm³/mol. The molecule has 40 heavy (non-hydrogen) atoms. The van der Waals surface area contributed by atoms with Crippen molar-refractivity contribution in [2.75, 3.05) is 6.54 Å². The van der Waals surface area contributed by atoms with Crippen LogP contribution in [0.4, 0.5) is 0 Å². The highest BCUT2D eigenvalue weighted by molar-refractivity contribution is 5.83. The number of aliphatic imine (C=N–C) groups is 1. The van der Waals surface area contributed by atoms with Crippen LogP contribution in [-0.2, 0) is 9.59 Å². The fourth-order valence-electron chi connectivity index (χ4n) is 9.80. The van der Waals surface area contributed by atoms with Gasteiger partial charge in [-0.3, -0.25) is 9.79 Å². The lowest BCUT2D eigenvalue weighted by molar-refractivity contribution is -0.223. The molecule has 10 heteroatoms. The molecule has 0 aromatic rings. The van der Waals surface area contributed by atoms with Crippen LogP contribution in [0.25, 0.3) is 0 Å². The maximum Gasteiger partial charge on any atom is 0.326 e. The largest absolute Gasteiger partial charge is 0.480 e. The summed E-state index contributed by atoms with van der Waals surface area (Å²) in [5.74, 6) is -0.00854. The second kappa shape index (κ2) is 12.1. The number of hydrogen-bond donors (Lipinski definition) is 7. The van der Waals surface area contributed by atoms with Gasteiger partial charge in [0.05, 0.1) is 18.3 Å². The molecule has 4 rings (SSSR count). The van der Waals surface area contributed by atoms with E-state index >= 15 is 0 Å². The smallest absolute Gasteiger partial charge is 0.326 e. The molecular weight excluding hydrogens is 512 g/mol. The molecule has 4 aliphatic rings. The highest BCUT2D eigenvalue weighted by Gasteiger charge is 2.65. The third kappa shape index (κ3) is 5.86. The number of carbonyl (C=O) groups is 2.